The molecule has 3 heterocycles. The van der Waals surface area contributed by atoms with Gasteiger partial charge in [0.2, 0.25) is 5.95 Å². The summed E-state index contributed by atoms with van der Waals surface area (Å²) in [6.45, 7) is 5.16. The first-order chi connectivity index (χ1) is 19.9. The van der Waals surface area contributed by atoms with E-state index in [1.54, 1.807) is 6.92 Å². The molecule has 6 rings (SSSR count). The van der Waals surface area contributed by atoms with Gasteiger partial charge in [-0.2, -0.15) is 18.4 Å². The molecule has 3 aromatic heterocycles. The lowest BCUT2D eigenvalue weighted by Crippen LogP contribution is -2.52. The minimum Gasteiger partial charge on any atom is -0.469 e. The lowest BCUT2D eigenvalue weighted by Gasteiger charge is -2.47. The lowest BCUT2D eigenvalue weighted by atomic mass is 9.61. The smallest absolute Gasteiger partial charge is 0.417 e. The Labute approximate surface area is 240 Å². The van der Waals surface area contributed by atoms with Crippen molar-refractivity contribution < 1.29 is 31.1 Å². The number of nitrogens with one attached hydrogen (secondary N) is 1. The lowest BCUT2D eigenvalue weighted by molar-refractivity contribution is -0.152. The molecule has 3 fully saturated rings. The molecule has 3 aromatic rings. The maximum atomic E-state index is 13.7. The van der Waals surface area contributed by atoms with E-state index in [9.17, 15) is 31.6 Å². The van der Waals surface area contributed by atoms with E-state index in [0.29, 0.717) is 6.20 Å². The number of allylic oxidation sites excluding steroid dienone is 2. The van der Waals surface area contributed by atoms with Gasteiger partial charge < -0.3 is 10.1 Å². The molecule has 220 valence electrons. The highest BCUT2D eigenvalue weighted by atomic mass is 32.2. The number of alkyl halides is 3. The Balaban J connectivity index is 1.67. The number of ether oxygens (including phenoxy) is 1. The molecule has 0 saturated heterocycles. The summed E-state index contributed by atoms with van der Waals surface area (Å²) in [6.07, 6.45) is 4.33. The van der Waals surface area contributed by atoms with Gasteiger partial charge >= 0.3 is 12.1 Å². The number of nitriles is 1. The fourth-order valence-corrected chi connectivity index (χ4v) is 7.20. The molecule has 2 bridgehead atoms. The number of hydrogen-bond acceptors (Lipinski definition) is 9. The average molecular weight is 601 g/mol. The Bertz CT molecular complexity index is 1750. The van der Waals surface area contributed by atoms with Crippen LogP contribution in [0.3, 0.4) is 0 Å². The first-order valence-electron chi connectivity index (χ1n) is 13.2. The van der Waals surface area contributed by atoms with Crippen LogP contribution >= 0.6 is 0 Å². The summed E-state index contributed by atoms with van der Waals surface area (Å²) in [5.41, 5.74) is -1.67. The number of fused-ring (bicyclic) bond motifs is 4. The standard InChI is InChI=1S/C28H27F3N6O4S/c1-4-5-15(2)42(39,40)37-14-21(20-10-19(28(29,30)31)13-33-25(20)37)23-18(11-32)12-34-27(35-23)36-24-17-8-6-16(7-9-17)22(24)26(38)41-3/h4-5,10,12-14,16-17,22,24H,2,6-9H2,1,3H3,(H,34,35,36)/b5-4-/t16?,17?,22-,24-/m0/s1. The molecule has 1 N–H and O–H groups in total. The fourth-order valence-electron chi connectivity index (χ4n) is 6.02. The number of rotatable bonds is 7. The molecule has 0 spiro atoms. The van der Waals surface area contributed by atoms with Crippen molar-refractivity contribution in [2.75, 3.05) is 12.4 Å². The van der Waals surface area contributed by atoms with Gasteiger partial charge in [0.15, 0.2) is 5.65 Å². The van der Waals surface area contributed by atoms with E-state index in [1.165, 1.54) is 25.5 Å². The molecule has 0 unspecified atom stereocenters. The van der Waals surface area contributed by atoms with Crippen molar-refractivity contribution in [2.45, 2.75) is 44.8 Å². The zero-order chi connectivity index (χ0) is 30.4. The second-order valence-electron chi connectivity index (χ2n) is 10.4. The molecule has 14 heteroatoms. The highest BCUT2D eigenvalue weighted by molar-refractivity contribution is 7.94. The normalized spacial score (nSPS) is 22.3. The molecule has 3 saturated carbocycles. The van der Waals surface area contributed by atoms with Crippen LogP contribution in [0.4, 0.5) is 19.1 Å². The maximum absolute atomic E-state index is 13.7. The molecule has 2 atom stereocenters. The zero-order valence-electron chi connectivity index (χ0n) is 22.7. The van der Waals surface area contributed by atoms with E-state index in [1.807, 2.05) is 6.07 Å². The van der Waals surface area contributed by atoms with Crippen molar-refractivity contribution >= 4 is 33.0 Å². The van der Waals surface area contributed by atoms with Crippen LogP contribution in [0.5, 0.6) is 0 Å². The van der Waals surface area contributed by atoms with E-state index in [-0.39, 0.29) is 62.6 Å². The van der Waals surface area contributed by atoms with Gasteiger partial charge in [-0.3, -0.25) is 4.79 Å². The van der Waals surface area contributed by atoms with E-state index < -0.39 is 27.7 Å². The van der Waals surface area contributed by atoms with E-state index in [0.717, 1.165) is 41.9 Å². The predicted molar refractivity (Wildman–Crippen MR) is 147 cm³/mol. The second-order valence-corrected chi connectivity index (χ2v) is 12.2. The summed E-state index contributed by atoms with van der Waals surface area (Å²) in [5.74, 6) is -0.481. The number of nitrogens with zero attached hydrogens (tertiary/aromatic N) is 5. The minimum absolute atomic E-state index is 0.0393. The third-order valence-electron chi connectivity index (χ3n) is 8.03. The number of pyridine rings is 1. The third kappa shape index (κ3) is 5.02. The van der Waals surface area contributed by atoms with Crippen LogP contribution in [-0.2, 0) is 25.7 Å². The zero-order valence-corrected chi connectivity index (χ0v) is 23.5. The second kappa shape index (κ2) is 10.9. The molecule has 0 aromatic carbocycles. The highest BCUT2D eigenvalue weighted by Gasteiger charge is 2.48. The Morgan fingerprint density at radius 2 is 1.90 bits per heavy atom. The van der Waals surface area contributed by atoms with Crippen molar-refractivity contribution in [1.82, 2.24) is 18.9 Å². The molecular weight excluding hydrogens is 573 g/mol. The molecule has 10 nitrogen and oxygen atoms in total. The van der Waals surface area contributed by atoms with Gasteiger partial charge in [-0.1, -0.05) is 12.7 Å². The number of methoxy groups -OCH3 is 1. The van der Waals surface area contributed by atoms with Gasteiger partial charge in [0, 0.05) is 29.4 Å². The van der Waals surface area contributed by atoms with Crippen LogP contribution in [-0.4, -0.2) is 46.5 Å². The van der Waals surface area contributed by atoms with Crippen molar-refractivity contribution in [1.29, 1.82) is 5.26 Å². The number of esters is 1. The summed E-state index contributed by atoms with van der Waals surface area (Å²) >= 11 is 0. The number of anilines is 1. The van der Waals surface area contributed by atoms with E-state index in [4.69, 9.17) is 4.74 Å². The fraction of sp³-hybridized carbons (Fsp3) is 0.393. The summed E-state index contributed by atoms with van der Waals surface area (Å²) in [7, 11) is -3.01. The third-order valence-corrected chi connectivity index (χ3v) is 9.63. The van der Waals surface area contributed by atoms with Crippen LogP contribution in [0.1, 0.15) is 43.7 Å². The first-order valence-corrected chi connectivity index (χ1v) is 14.6. The molecule has 0 radical (unpaired) electrons. The van der Waals surface area contributed by atoms with Crippen LogP contribution in [0.2, 0.25) is 0 Å². The first kappa shape index (κ1) is 29.2. The van der Waals surface area contributed by atoms with Crippen molar-refractivity contribution in [3.63, 3.8) is 0 Å². The summed E-state index contributed by atoms with van der Waals surface area (Å²) in [5, 5.41) is 12.9. The largest absolute Gasteiger partial charge is 0.469 e. The van der Waals surface area contributed by atoms with Crippen molar-refractivity contribution in [3.05, 3.63) is 59.4 Å². The summed E-state index contributed by atoms with van der Waals surface area (Å²) in [6, 6.07) is 2.35. The van der Waals surface area contributed by atoms with Gasteiger partial charge in [0.25, 0.3) is 10.0 Å². The average Bonchev–Trinajstić information content (AvgIpc) is 3.36. The highest BCUT2D eigenvalue weighted by Crippen LogP contribution is 2.46. The molecule has 42 heavy (non-hydrogen) atoms. The van der Waals surface area contributed by atoms with Gasteiger partial charge in [0.1, 0.15) is 6.07 Å². The van der Waals surface area contributed by atoms with Crippen molar-refractivity contribution in [2.24, 2.45) is 17.8 Å². The van der Waals surface area contributed by atoms with E-state index in [2.05, 4.69) is 26.8 Å². The number of hydrogen-bond donors (Lipinski definition) is 1. The topological polar surface area (TPSA) is 140 Å². The predicted octanol–water partition coefficient (Wildman–Crippen LogP) is 5.04. The van der Waals surface area contributed by atoms with Gasteiger partial charge in [-0.15, -0.1) is 0 Å². The maximum Gasteiger partial charge on any atom is 0.417 e. The molecule has 3 aliphatic carbocycles. The Morgan fingerprint density at radius 3 is 2.52 bits per heavy atom. The van der Waals surface area contributed by atoms with Crippen LogP contribution in [0, 0.1) is 29.1 Å². The minimum atomic E-state index is -4.77. The van der Waals surface area contributed by atoms with Crippen LogP contribution < -0.4 is 5.32 Å². The van der Waals surface area contributed by atoms with Crippen LogP contribution in [0.15, 0.2) is 48.3 Å². The molecule has 3 aliphatic rings. The van der Waals surface area contributed by atoms with Gasteiger partial charge in [-0.25, -0.2) is 27.3 Å². The van der Waals surface area contributed by atoms with E-state index >= 15 is 0 Å². The van der Waals surface area contributed by atoms with Crippen LogP contribution in [0.25, 0.3) is 22.3 Å². The summed E-state index contributed by atoms with van der Waals surface area (Å²) < 4.78 is 73.5. The SMILES string of the molecule is C=C(/C=C\C)S(=O)(=O)n1cc(-c2nc(N[C@H]3C4CCC(CC4)[C@@H]3C(=O)OC)ncc2C#N)c2cc(C(F)(F)F)cnc21. The number of halogens is 3. The number of carbonyl (C=O) groups excluding carboxylic acids is 1. The molecule has 0 aliphatic heterocycles. The Hall–Kier alpha value is -4.25. The summed E-state index contributed by atoms with van der Waals surface area (Å²) in [4.78, 5) is 24.9. The molecular formula is C28H27F3N6O4S. The Kier molecular flexibility index (Phi) is 7.57. The quantitative estimate of drug-likeness (QED) is 0.292. The van der Waals surface area contributed by atoms with Crippen molar-refractivity contribution in [3.8, 4) is 17.3 Å². The number of aromatic nitrogens is 4. The monoisotopic (exact) mass is 600 g/mol. The molecule has 0 amide bonds. The van der Waals surface area contributed by atoms with Gasteiger partial charge in [0.05, 0.1) is 41.0 Å². The number of carbonyl (C=O) groups is 1. The van der Waals surface area contributed by atoms with Gasteiger partial charge in [-0.05, 0) is 56.6 Å². The Morgan fingerprint density at radius 1 is 1.21 bits per heavy atom.